The van der Waals surface area contributed by atoms with E-state index in [1.807, 2.05) is 0 Å². The van der Waals surface area contributed by atoms with Crippen molar-refractivity contribution in [1.82, 2.24) is 0 Å². The van der Waals surface area contributed by atoms with Crippen LogP contribution < -0.4 is 5.32 Å². The second kappa shape index (κ2) is 4.47. The van der Waals surface area contributed by atoms with Crippen molar-refractivity contribution in [3.05, 3.63) is 29.6 Å². The van der Waals surface area contributed by atoms with Crippen molar-refractivity contribution >= 4 is 11.7 Å². The van der Waals surface area contributed by atoms with Gasteiger partial charge in [-0.1, -0.05) is 0 Å². The Morgan fingerprint density at radius 2 is 1.83 bits per heavy atom. The van der Waals surface area contributed by atoms with Gasteiger partial charge in [0.25, 0.3) is 0 Å². The van der Waals surface area contributed by atoms with E-state index in [4.69, 9.17) is 5.11 Å². The van der Waals surface area contributed by atoms with Gasteiger partial charge in [0, 0.05) is 0 Å². The number of aliphatic carboxylic acids is 1. The van der Waals surface area contributed by atoms with E-state index in [9.17, 15) is 22.4 Å². The number of carboxylic acid groups (broad SMARTS) is 1. The van der Waals surface area contributed by atoms with Crippen LogP contribution in [0.2, 0.25) is 0 Å². The van der Waals surface area contributed by atoms with Gasteiger partial charge in [0.1, 0.15) is 11.4 Å². The fourth-order valence-electron chi connectivity index (χ4n) is 1.18. The second-order valence-electron chi connectivity index (χ2n) is 4.25. The number of nitrogens with one attached hydrogen (secondary N) is 1. The monoisotopic (exact) mass is 265 g/mol. The topological polar surface area (TPSA) is 49.3 Å². The first-order valence-electron chi connectivity index (χ1n) is 4.92. The molecule has 0 heterocycles. The predicted octanol–water partition coefficient (Wildman–Crippen LogP) is 3.12. The molecular formula is C11H11F4NO2. The van der Waals surface area contributed by atoms with Crippen molar-refractivity contribution in [2.45, 2.75) is 25.6 Å². The van der Waals surface area contributed by atoms with Crippen molar-refractivity contribution in [2.24, 2.45) is 0 Å². The zero-order chi connectivity index (χ0) is 14.1. The molecule has 100 valence electrons. The molecule has 7 heteroatoms. The summed E-state index contributed by atoms with van der Waals surface area (Å²) in [5.74, 6) is -2.40. The van der Waals surface area contributed by atoms with Crippen molar-refractivity contribution in [3.63, 3.8) is 0 Å². The van der Waals surface area contributed by atoms with E-state index in [1.165, 1.54) is 13.8 Å². The first-order valence-corrected chi connectivity index (χ1v) is 4.92. The fraction of sp³-hybridized carbons (Fsp3) is 0.364. The zero-order valence-electron chi connectivity index (χ0n) is 9.60. The molecule has 0 unspecified atom stereocenters. The third-order valence-corrected chi connectivity index (χ3v) is 2.28. The van der Waals surface area contributed by atoms with E-state index in [0.29, 0.717) is 12.1 Å². The number of carbonyl (C=O) groups is 1. The first kappa shape index (κ1) is 14.3. The second-order valence-corrected chi connectivity index (χ2v) is 4.25. The van der Waals surface area contributed by atoms with E-state index >= 15 is 0 Å². The number of benzene rings is 1. The highest BCUT2D eigenvalue weighted by atomic mass is 19.4. The van der Waals surface area contributed by atoms with Crippen molar-refractivity contribution in [2.75, 3.05) is 5.32 Å². The summed E-state index contributed by atoms with van der Waals surface area (Å²) in [5, 5.41) is 11.1. The van der Waals surface area contributed by atoms with Crippen LogP contribution in [0.3, 0.4) is 0 Å². The van der Waals surface area contributed by atoms with Gasteiger partial charge in [-0.2, -0.15) is 13.2 Å². The molecule has 0 bridgehead atoms. The van der Waals surface area contributed by atoms with Gasteiger partial charge in [0.15, 0.2) is 0 Å². The largest absolute Gasteiger partial charge is 0.480 e. The summed E-state index contributed by atoms with van der Waals surface area (Å²) < 4.78 is 50.3. The quantitative estimate of drug-likeness (QED) is 0.825. The normalized spacial score (nSPS) is 12.3. The number of halogens is 4. The third kappa shape index (κ3) is 3.12. The van der Waals surface area contributed by atoms with Crippen LogP contribution in [0, 0.1) is 5.82 Å². The number of hydrogen-bond acceptors (Lipinski definition) is 2. The molecule has 2 N–H and O–H groups in total. The highest BCUT2D eigenvalue weighted by molar-refractivity contribution is 5.81. The molecule has 1 aromatic rings. The Balaban J connectivity index is 3.04. The van der Waals surface area contributed by atoms with Gasteiger partial charge < -0.3 is 10.4 Å². The maximum absolute atomic E-state index is 13.4. The number of carboxylic acids is 1. The van der Waals surface area contributed by atoms with E-state index in [0.717, 1.165) is 6.07 Å². The summed E-state index contributed by atoms with van der Waals surface area (Å²) in [6, 6.07) is 1.87. The summed E-state index contributed by atoms with van der Waals surface area (Å²) in [6.07, 6.45) is -4.64. The molecule has 0 aromatic heterocycles. The molecule has 0 saturated heterocycles. The maximum atomic E-state index is 13.4. The fourth-order valence-corrected chi connectivity index (χ4v) is 1.18. The minimum atomic E-state index is -4.64. The first-order chi connectivity index (χ1) is 8.04. The number of hydrogen-bond donors (Lipinski definition) is 2. The van der Waals surface area contributed by atoms with Crippen LogP contribution in [0.4, 0.5) is 23.2 Å². The lowest BCUT2D eigenvalue weighted by Crippen LogP contribution is -2.40. The Morgan fingerprint density at radius 1 is 1.28 bits per heavy atom. The molecule has 1 rings (SSSR count). The molecule has 0 aliphatic carbocycles. The van der Waals surface area contributed by atoms with Crippen molar-refractivity contribution in [1.29, 1.82) is 0 Å². The maximum Gasteiger partial charge on any atom is 0.416 e. The van der Waals surface area contributed by atoms with Crippen LogP contribution in [0.5, 0.6) is 0 Å². The molecule has 0 saturated carbocycles. The van der Waals surface area contributed by atoms with Gasteiger partial charge in [-0.3, -0.25) is 0 Å². The summed E-state index contributed by atoms with van der Waals surface area (Å²) in [4.78, 5) is 10.8. The Morgan fingerprint density at radius 3 is 2.22 bits per heavy atom. The molecular weight excluding hydrogens is 254 g/mol. The molecule has 18 heavy (non-hydrogen) atoms. The average molecular weight is 265 g/mol. The molecule has 0 aliphatic rings. The molecule has 0 radical (unpaired) electrons. The lowest BCUT2D eigenvalue weighted by molar-refractivity contribution is -0.141. The van der Waals surface area contributed by atoms with Crippen LogP contribution >= 0.6 is 0 Å². The number of rotatable bonds is 3. The minimum Gasteiger partial charge on any atom is -0.480 e. The van der Waals surface area contributed by atoms with E-state index < -0.39 is 29.1 Å². The van der Waals surface area contributed by atoms with Crippen LogP contribution in [-0.2, 0) is 11.0 Å². The molecule has 0 amide bonds. The Kier molecular flexibility index (Phi) is 3.54. The molecule has 0 aliphatic heterocycles. The molecule has 0 atom stereocenters. The third-order valence-electron chi connectivity index (χ3n) is 2.28. The minimum absolute atomic E-state index is 0.296. The average Bonchev–Trinajstić information content (AvgIpc) is 2.19. The van der Waals surface area contributed by atoms with Gasteiger partial charge in [0.2, 0.25) is 0 Å². The van der Waals surface area contributed by atoms with E-state index in [2.05, 4.69) is 5.32 Å². The predicted molar refractivity (Wildman–Crippen MR) is 56.7 cm³/mol. The Bertz CT molecular complexity index is 469. The molecule has 0 spiro atoms. The summed E-state index contributed by atoms with van der Waals surface area (Å²) >= 11 is 0. The lowest BCUT2D eigenvalue weighted by atomic mass is 10.1. The van der Waals surface area contributed by atoms with Gasteiger partial charge in [-0.15, -0.1) is 0 Å². The molecule has 0 fully saturated rings. The van der Waals surface area contributed by atoms with Crippen LogP contribution in [0.15, 0.2) is 18.2 Å². The lowest BCUT2D eigenvalue weighted by Gasteiger charge is -2.23. The van der Waals surface area contributed by atoms with Gasteiger partial charge in [-0.25, -0.2) is 9.18 Å². The highest BCUT2D eigenvalue weighted by Gasteiger charge is 2.32. The number of anilines is 1. The standard InChI is InChI=1S/C11H11F4NO2/c1-10(2,9(17)18)16-8-4-3-6(5-7(8)12)11(13,14)15/h3-5,16H,1-2H3,(H,17,18). The highest BCUT2D eigenvalue weighted by Crippen LogP contribution is 2.31. The zero-order valence-corrected chi connectivity index (χ0v) is 9.60. The van der Waals surface area contributed by atoms with E-state index in [1.54, 1.807) is 0 Å². The molecule has 1 aromatic carbocycles. The van der Waals surface area contributed by atoms with Gasteiger partial charge in [-0.05, 0) is 32.0 Å². The van der Waals surface area contributed by atoms with Gasteiger partial charge in [0.05, 0.1) is 11.3 Å². The van der Waals surface area contributed by atoms with Gasteiger partial charge >= 0.3 is 12.1 Å². The summed E-state index contributed by atoms with van der Waals surface area (Å²) in [5.41, 5.74) is -2.91. The Labute approximate surface area is 100 Å². The van der Waals surface area contributed by atoms with Crippen molar-refractivity contribution < 1.29 is 27.5 Å². The SMILES string of the molecule is CC(C)(Nc1ccc(C(F)(F)F)cc1F)C(=O)O. The Hall–Kier alpha value is -1.79. The van der Waals surface area contributed by atoms with Crippen molar-refractivity contribution in [3.8, 4) is 0 Å². The molecule has 3 nitrogen and oxygen atoms in total. The summed E-state index contributed by atoms with van der Waals surface area (Å²) in [6.45, 7) is 2.54. The van der Waals surface area contributed by atoms with E-state index in [-0.39, 0.29) is 5.69 Å². The summed E-state index contributed by atoms with van der Waals surface area (Å²) in [7, 11) is 0. The van der Waals surface area contributed by atoms with Crippen LogP contribution in [-0.4, -0.2) is 16.6 Å². The number of alkyl halides is 3. The van der Waals surface area contributed by atoms with Crippen LogP contribution in [0.25, 0.3) is 0 Å². The smallest absolute Gasteiger partial charge is 0.416 e. The van der Waals surface area contributed by atoms with Crippen LogP contribution in [0.1, 0.15) is 19.4 Å².